The Kier molecular flexibility index (Phi) is 9.23. The van der Waals surface area contributed by atoms with E-state index < -0.39 is 11.8 Å². The molecule has 3 aromatic carbocycles. The molecule has 3 N–H and O–H groups in total. The summed E-state index contributed by atoms with van der Waals surface area (Å²) in [6, 6.07) is 18.6. The minimum absolute atomic E-state index is 0.218. The van der Waals surface area contributed by atoms with Crippen LogP contribution in [0.3, 0.4) is 0 Å². The van der Waals surface area contributed by atoms with E-state index in [9.17, 15) is 14.4 Å². The number of halogens is 2. The summed E-state index contributed by atoms with van der Waals surface area (Å²) in [5.74, 6) is -1.62. The molecule has 0 saturated carbocycles. The maximum Gasteiger partial charge on any atom is 0.329 e. The second kappa shape index (κ2) is 12.5. The van der Waals surface area contributed by atoms with E-state index in [1.807, 2.05) is 19.1 Å². The zero-order valence-corrected chi connectivity index (χ0v) is 20.2. The zero-order valence-electron chi connectivity index (χ0n) is 18.7. The number of carbonyl (C=O) groups is 3. The lowest BCUT2D eigenvalue weighted by atomic mass is 10.1. The van der Waals surface area contributed by atoms with E-state index in [1.165, 1.54) is 6.21 Å². The third kappa shape index (κ3) is 8.13. The molecule has 3 amide bonds. The number of hydrazone groups is 1. The zero-order chi connectivity index (χ0) is 25.2. The number of nitrogens with one attached hydrogen (secondary N) is 3. The van der Waals surface area contributed by atoms with Crippen LogP contribution in [0.2, 0.25) is 10.0 Å². The summed E-state index contributed by atoms with van der Waals surface area (Å²) in [5.41, 5.74) is 4.81. The van der Waals surface area contributed by atoms with Gasteiger partial charge in [0.2, 0.25) is 0 Å². The van der Waals surface area contributed by atoms with Crippen molar-refractivity contribution in [3.8, 4) is 5.75 Å². The van der Waals surface area contributed by atoms with Gasteiger partial charge in [-0.1, -0.05) is 48.3 Å². The van der Waals surface area contributed by atoms with Gasteiger partial charge in [0.05, 0.1) is 6.21 Å². The fraction of sp³-hybridized carbons (Fsp3) is 0.120. The first kappa shape index (κ1) is 25.7. The van der Waals surface area contributed by atoms with Gasteiger partial charge in [-0.2, -0.15) is 5.10 Å². The van der Waals surface area contributed by atoms with Crippen molar-refractivity contribution in [1.29, 1.82) is 0 Å². The summed E-state index contributed by atoms with van der Waals surface area (Å²) in [6.45, 7) is 1.74. The van der Waals surface area contributed by atoms with Crippen LogP contribution in [0, 0.1) is 0 Å². The fourth-order valence-corrected chi connectivity index (χ4v) is 3.49. The van der Waals surface area contributed by atoms with Gasteiger partial charge in [-0.15, -0.1) is 0 Å². The average molecular weight is 513 g/mol. The molecule has 0 aliphatic carbocycles. The van der Waals surface area contributed by atoms with E-state index in [-0.39, 0.29) is 12.5 Å². The summed E-state index contributed by atoms with van der Waals surface area (Å²) >= 11 is 11.8. The van der Waals surface area contributed by atoms with E-state index in [4.69, 9.17) is 27.9 Å². The SMILES string of the molecule is CCc1ccccc1NC(=O)C(=O)N/N=C\c1ccc(OCC(=O)Nc2cc(Cl)cc(Cl)c2)cc1. The van der Waals surface area contributed by atoms with E-state index in [1.54, 1.807) is 54.6 Å². The third-order valence-corrected chi connectivity index (χ3v) is 5.07. The maximum absolute atomic E-state index is 12.1. The van der Waals surface area contributed by atoms with Gasteiger partial charge in [0, 0.05) is 21.4 Å². The fourth-order valence-electron chi connectivity index (χ4n) is 2.97. The normalized spacial score (nSPS) is 10.6. The first-order valence-electron chi connectivity index (χ1n) is 10.5. The molecule has 0 unspecified atom stereocenters. The van der Waals surface area contributed by atoms with E-state index in [0.717, 1.165) is 12.0 Å². The van der Waals surface area contributed by atoms with Crippen LogP contribution in [0.15, 0.2) is 71.8 Å². The monoisotopic (exact) mass is 512 g/mol. The highest BCUT2D eigenvalue weighted by atomic mass is 35.5. The molecule has 0 fully saturated rings. The first-order chi connectivity index (χ1) is 16.8. The van der Waals surface area contributed by atoms with Gasteiger partial charge in [-0.25, -0.2) is 5.43 Å². The molecule has 3 rings (SSSR count). The smallest absolute Gasteiger partial charge is 0.329 e. The molecule has 35 heavy (non-hydrogen) atoms. The van der Waals surface area contributed by atoms with Crippen LogP contribution in [0.1, 0.15) is 18.1 Å². The molecular formula is C25H22Cl2N4O4. The topological polar surface area (TPSA) is 109 Å². The van der Waals surface area contributed by atoms with Crippen molar-refractivity contribution in [3.05, 3.63) is 87.9 Å². The molecule has 0 atom stereocenters. The summed E-state index contributed by atoms with van der Waals surface area (Å²) in [6.07, 6.45) is 2.10. The number of para-hydroxylation sites is 1. The molecule has 0 aliphatic heterocycles. The van der Waals surface area contributed by atoms with Crippen LogP contribution in [-0.2, 0) is 20.8 Å². The Morgan fingerprint density at radius 1 is 0.914 bits per heavy atom. The van der Waals surface area contributed by atoms with Crippen LogP contribution >= 0.6 is 23.2 Å². The molecule has 0 aromatic heterocycles. The second-order valence-electron chi connectivity index (χ2n) is 7.23. The van der Waals surface area contributed by atoms with Crippen LogP contribution in [0.25, 0.3) is 0 Å². The second-order valence-corrected chi connectivity index (χ2v) is 8.10. The van der Waals surface area contributed by atoms with Crippen molar-refractivity contribution in [3.63, 3.8) is 0 Å². The summed E-state index contributed by atoms with van der Waals surface area (Å²) in [7, 11) is 0. The van der Waals surface area contributed by atoms with Crippen molar-refractivity contribution in [2.45, 2.75) is 13.3 Å². The Bertz CT molecular complexity index is 1230. The molecule has 180 valence electrons. The van der Waals surface area contributed by atoms with E-state index in [0.29, 0.717) is 32.7 Å². The van der Waals surface area contributed by atoms with Crippen molar-refractivity contribution >= 4 is 58.5 Å². The van der Waals surface area contributed by atoms with E-state index >= 15 is 0 Å². The van der Waals surface area contributed by atoms with E-state index in [2.05, 4.69) is 21.2 Å². The Morgan fingerprint density at radius 2 is 1.60 bits per heavy atom. The molecular weight excluding hydrogens is 491 g/mol. The highest BCUT2D eigenvalue weighted by molar-refractivity contribution is 6.39. The molecule has 10 heteroatoms. The Morgan fingerprint density at radius 3 is 2.29 bits per heavy atom. The number of carbonyl (C=O) groups excluding carboxylic acids is 3. The molecule has 0 radical (unpaired) electrons. The molecule has 0 heterocycles. The van der Waals surface area contributed by atoms with Gasteiger partial charge >= 0.3 is 11.8 Å². The highest BCUT2D eigenvalue weighted by Gasteiger charge is 2.14. The Hall–Kier alpha value is -3.88. The van der Waals surface area contributed by atoms with Crippen molar-refractivity contribution < 1.29 is 19.1 Å². The lowest BCUT2D eigenvalue weighted by Crippen LogP contribution is -2.32. The van der Waals surface area contributed by atoms with Gasteiger partial charge in [-0.05, 0) is 66.1 Å². The predicted octanol–water partition coefficient (Wildman–Crippen LogP) is 4.66. The van der Waals surface area contributed by atoms with Crippen LogP contribution in [-0.4, -0.2) is 30.5 Å². The van der Waals surface area contributed by atoms with Gasteiger partial charge in [0.15, 0.2) is 6.61 Å². The van der Waals surface area contributed by atoms with Crippen LogP contribution < -0.4 is 20.8 Å². The summed E-state index contributed by atoms with van der Waals surface area (Å²) < 4.78 is 5.46. The standard InChI is InChI=1S/C25H22Cl2N4O4/c1-2-17-5-3-4-6-22(17)30-24(33)25(34)31-28-14-16-7-9-21(10-8-16)35-15-23(32)29-20-12-18(26)11-19(27)13-20/h3-14H,2,15H2,1H3,(H,29,32)(H,30,33)(H,31,34)/b28-14-. The Balaban J connectivity index is 1.45. The molecule has 0 spiro atoms. The van der Waals surface area contributed by atoms with Crippen LogP contribution in [0.5, 0.6) is 5.75 Å². The summed E-state index contributed by atoms with van der Waals surface area (Å²) in [4.78, 5) is 36.2. The lowest BCUT2D eigenvalue weighted by molar-refractivity contribution is -0.136. The first-order valence-corrected chi connectivity index (χ1v) is 11.3. The third-order valence-electron chi connectivity index (χ3n) is 4.63. The highest BCUT2D eigenvalue weighted by Crippen LogP contribution is 2.22. The molecule has 0 bridgehead atoms. The minimum atomic E-state index is -0.890. The van der Waals surface area contributed by atoms with Crippen molar-refractivity contribution in [2.75, 3.05) is 17.2 Å². The number of anilines is 2. The maximum atomic E-state index is 12.1. The minimum Gasteiger partial charge on any atom is -0.484 e. The number of hydrogen-bond donors (Lipinski definition) is 3. The largest absolute Gasteiger partial charge is 0.484 e. The summed E-state index contributed by atoms with van der Waals surface area (Å²) in [5, 5.41) is 9.84. The molecule has 0 aliphatic rings. The van der Waals surface area contributed by atoms with Gasteiger partial charge in [-0.3, -0.25) is 14.4 Å². The number of nitrogens with zero attached hydrogens (tertiary/aromatic N) is 1. The van der Waals surface area contributed by atoms with Gasteiger partial charge in [0.25, 0.3) is 5.91 Å². The van der Waals surface area contributed by atoms with Gasteiger partial charge in [0.1, 0.15) is 5.75 Å². The van der Waals surface area contributed by atoms with Gasteiger partial charge < -0.3 is 15.4 Å². The van der Waals surface area contributed by atoms with Crippen LogP contribution in [0.4, 0.5) is 11.4 Å². The Labute approximate surface area is 212 Å². The lowest BCUT2D eigenvalue weighted by Gasteiger charge is -2.09. The number of hydrogen-bond acceptors (Lipinski definition) is 5. The quantitative estimate of drug-likeness (QED) is 0.231. The average Bonchev–Trinajstić information content (AvgIpc) is 2.83. The molecule has 8 nitrogen and oxygen atoms in total. The number of ether oxygens (including phenoxy) is 1. The van der Waals surface area contributed by atoms with Crippen molar-refractivity contribution in [2.24, 2.45) is 5.10 Å². The molecule has 3 aromatic rings. The number of benzene rings is 3. The molecule has 0 saturated heterocycles. The van der Waals surface area contributed by atoms with Crippen molar-refractivity contribution in [1.82, 2.24) is 5.43 Å². The predicted molar refractivity (Wildman–Crippen MR) is 137 cm³/mol. The number of rotatable bonds is 8. The number of aryl methyl sites for hydroxylation is 1. The number of amides is 3.